The van der Waals surface area contributed by atoms with Gasteiger partial charge in [-0.05, 0) is 25.5 Å². The van der Waals surface area contributed by atoms with Crippen LogP contribution in [0, 0.1) is 6.92 Å². The van der Waals surface area contributed by atoms with E-state index in [1.165, 1.54) is 11.3 Å². The maximum atomic E-state index is 12.1. The van der Waals surface area contributed by atoms with E-state index in [4.69, 9.17) is 5.11 Å². The van der Waals surface area contributed by atoms with Crippen LogP contribution in [0.4, 0.5) is 0 Å². The molecule has 0 saturated carbocycles. The number of nitrogens with zero attached hydrogens (tertiary/aromatic N) is 1. The van der Waals surface area contributed by atoms with E-state index in [9.17, 15) is 13.2 Å². The van der Waals surface area contributed by atoms with Crippen molar-refractivity contribution in [1.29, 1.82) is 0 Å². The topological polar surface area (TPSA) is 96.4 Å². The number of carboxylic acid groups (broad SMARTS) is 1. The molecule has 0 bridgehead atoms. The zero-order valence-corrected chi connectivity index (χ0v) is 13.9. The predicted molar refractivity (Wildman–Crippen MR) is 81.5 cm³/mol. The second kappa shape index (κ2) is 6.22. The third-order valence-electron chi connectivity index (χ3n) is 2.70. The molecule has 0 aliphatic rings. The number of aromatic nitrogens is 1. The minimum Gasteiger partial charge on any atom is -0.477 e. The molecule has 2 heterocycles. The lowest BCUT2D eigenvalue weighted by molar-refractivity contribution is 0.0701. The molecule has 0 aliphatic heterocycles. The van der Waals surface area contributed by atoms with Gasteiger partial charge in [0, 0.05) is 4.88 Å². The Kier molecular flexibility index (Phi) is 4.77. The maximum absolute atomic E-state index is 12.1. The fourth-order valence-electron chi connectivity index (χ4n) is 1.65. The predicted octanol–water partition coefficient (Wildman–Crippen LogP) is 2.25. The van der Waals surface area contributed by atoms with E-state index in [2.05, 4.69) is 9.71 Å². The zero-order valence-electron chi connectivity index (χ0n) is 11.4. The number of carboxylic acids is 1. The molecule has 0 spiro atoms. The van der Waals surface area contributed by atoms with Crippen LogP contribution in [0.5, 0.6) is 0 Å². The van der Waals surface area contributed by atoms with Gasteiger partial charge in [-0.1, -0.05) is 6.92 Å². The van der Waals surface area contributed by atoms with Crippen LogP contribution in [0.25, 0.3) is 0 Å². The molecule has 0 saturated heterocycles. The van der Waals surface area contributed by atoms with Crippen LogP contribution in [0.1, 0.15) is 32.2 Å². The average molecular weight is 346 g/mol. The molecule has 0 fully saturated rings. The van der Waals surface area contributed by atoms with E-state index >= 15 is 0 Å². The van der Waals surface area contributed by atoms with Crippen molar-refractivity contribution in [3.8, 4) is 0 Å². The summed E-state index contributed by atoms with van der Waals surface area (Å²) in [6, 6.07) is 3.36. The number of thiazole rings is 1. The smallest absolute Gasteiger partial charge is 0.347 e. The van der Waals surface area contributed by atoms with Gasteiger partial charge in [0.05, 0.1) is 12.2 Å². The number of thiophene rings is 1. The maximum Gasteiger partial charge on any atom is 0.347 e. The molecule has 0 aliphatic carbocycles. The Morgan fingerprint density at radius 2 is 2.10 bits per heavy atom. The van der Waals surface area contributed by atoms with Crippen LogP contribution in [0.2, 0.25) is 0 Å². The number of hydrogen-bond donors (Lipinski definition) is 2. The van der Waals surface area contributed by atoms with Crippen molar-refractivity contribution in [2.24, 2.45) is 0 Å². The standard InChI is InChI=1S/C12H14N2O4S3/c1-3-8-4-5-10(19-8)21(17,18)13-6-9-14-7(2)11(20-9)12(15)16/h4-5,13H,3,6H2,1-2H3,(H,15,16). The Morgan fingerprint density at radius 3 is 2.62 bits per heavy atom. The van der Waals surface area contributed by atoms with Gasteiger partial charge in [-0.3, -0.25) is 0 Å². The van der Waals surface area contributed by atoms with Gasteiger partial charge in [-0.2, -0.15) is 0 Å². The summed E-state index contributed by atoms with van der Waals surface area (Å²) >= 11 is 2.21. The summed E-state index contributed by atoms with van der Waals surface area (Å²) in [4.78, 5) is 16.1. The van der Waals surface area contributed by atoms with Crippen molar-refractivity contribution in [3.05, 3.63) is 32.6 Å². The van der Waals surface area contributed by atoms with Gasteiger partial charge in [0.25, 0.3) is 0 Å². The van der Waals surface area contributed by atoms with Crippen LogP contribution in [-0.2, 0) is 23.0 Å². The molecule has 2 aromatic rings. The Morgan fingerprint density at radius 1 is 1.38 bits per heavy atom. The van der Waals surface area contributed by atoms with Crippen LogP contribution in [-0.4, -0.2) is 24.5 Å². The SMILES string of the molecule is CCc1ccc(S(=O)(=O)NCc2nc(C)c(C(=O)O)s2)s1. The van der Waals surface area contributed by atoms with E-state index in [0.29, 0.717) is 10.7 Å². The van der Waals surface area contributed by atoms with Gasteiger partial charge < -0.3 is 5.11 Å². The Hall–Kier alpha value is -1.29. The highest BCUT2D eigenvalue weighted by Gasteiger charge is 2.19. The molecular formula is C12H14N2O4S3. The highest BCUT2D eigenvalue weighted by atomic mass is 32.2. The molecule has 0 radical (unpaired) electrons. The Balaban J connectivity index is 2.11. The van der Waals surface area contributed by atoms with Crippen molar-refractivity contribution in [1.82, 2.24) is 9.71 Å². The summed E-state index contributed by atoms with van der Waals surface area (Å²) in [6.45, 7) is 3.53. The monoisotopic (exact) mass is 346 g/mol. The van der Waals surface area contributed by atoms with Crippen molar-refractivity contribution >= 4 is 38.7 Å². The van der Waals surface area contributed by atoms with Gasteiger partial charge >= 0.3 is 5.97 Å². The van der Waals surface area contributed by atoms with Crippen LogP contribution in [0.3, 0.4) is 0 Å². The molecular weight excluding hydrogens is 332 g/mol. The van der Waals surface area contributed by atoms with E-state index < -0.39 is 16.0 Å². The highest BCUT2D eigenvalue weighted by Crippen LogP contribution is 2.23. The van der Waals surface area contributed by atoms with E-state index in [-0.39, 0.29) is 15.6 Å². The van der Waals surface area contributed by atoms with E-state index in [0.717, 1.165) is 22.6 Å². The number of carbonyl (C=O) groups is 1. The first kappa shape index (κ1) is 16.1. The van der Waals surface area contributed by atoms with Crippen molar-refractivity contribution in [2.45, 2.75) is 31.0 Å². The lowest BCUT2D eigenvalue weighted by Crippen LogP contribution is -2.22. The normalized spacial score (nSPS) is 11.7. The molecule has 2 N–H and O–H groups in total. The van der Waals surface area contributed by atoms with Gasteiger partial charge in [-0.15, -0.1) is 22.7 Å². The first-order valence-corrected chi connectivity index (χ1v) is 9.23. The lowest BCUT2D eigenvalue weighted by atomic mass is 10.4. The molecule has 114 valence electrons. The zero-order chi connectivity index (χ0) is 15.6. The number of rotatable bonds is 6. The third-order valence-corrected chi connectivity index (χ3v) is 6.97. The Bertz CT molecular complexity index is 761. The molecule has 21 heavy (non-hydrogen) atoms. The second-order valence-corrected chi connectivity index (χ2v) is 8.47. The Labute approximate surface area is 130 Å². The second-order valence-electron chi connectivity index (χ2n) is 4.23. The summed E-state index contributed by atoms with van der Waals surface area (Å²) in [5.41, 5.74) is 0.395. The van der Waals surface area contributed by atoms with Gasteiger partial charge in [0.15, 0.2) is 0 Å². The summed E-state index contributed by atoms with van der Waals surface area (Å²) in [7, 11) is -3.58. The van der Waals surface area contributed by atoms with Crippen molar-refractivity contribution in [3.63, 3.8) is 0 Å². The molecule has 0 aromatic carbocycles. The van der Waals surface area contributed by atoms with E-state index in [1.54, 1.807) is 19.1 Å². The largest absolute Gasteiger partial charge is 0.477 e. The number of aromatic carboxylic acids is 1. The highest BCUT2D eigenvalue weighted by molar-refractivity contribution is 7.91. The molecule has 6 nitrogen and oxygen atoms in total. The minimum absolute atomic E-state index is 0.0134. The molecule has 0 amide bonds. The molecule has 0 atom stereocenters. The van der Waals surface area contributed by atoms with Crippen LogP contribution in [0.15, 0.2) is 16.3 Å². The summed E-state index contributed by atoms with van der Waals surface area (Å²) < 4.78 is 26.9. The summed E-state index contributed by atoms with van der Waals surface area (Å²) in [5.74, 6) is -1.05. The number of aryl methyl sites for hydroxylation is 2. The molecule has 2 aromatic heterocycles. The minimum atomic E-state index is -3.58. The van der Waals surface area contributed by atoms with E-state index in [1.807, 2.05) is 6.92 Å². The van der Waals surface area contributed by atoms with Gasteiger partial charge in [0.1, 0.15) is 14.1 Å². The van der Waals surface area contributed by atoms with Crippen LogP contribution < -0.4 is 4.72 Å². The molecule has 9 heteroatoms. The van der Waals surface area contributed by atoms with Crippen LogP contribution >= 0.6 is 22.7 Å². The number of sulfonamides is 1. The number of hydrogen-bond acceptors (Lipinski definition) is 6. The first-order valence-electron chi connectivity index (χ1n) is 6.11. The lowest BCUT2D eigenvalue weighted by Gasteiger charge is -2.02. The van der Waals surface area contributed by atoms with Crippen molar-refractivity contribution < 1.29 is 18.3 Å². The molecule has 2 rings (SSSR count). The summed E-state index contributed by atoms with van der Waals surface area (Å²) in [5, 5.41) is 9.38. The number of nitrogens with one attached hydrogen (secondary N) is 1. The fraction of sp³-hybridized carbons (Fsp3) is 0.333. The first-order chi connectivity index (χ1) is 9.83. The molecule has 0 unspecified atom stereocenters. The van der Waals surface area contributed by atoms with Gasteiger partial charge in [0.2, 0.25) is 10.0 Å². The third kappa shape index (κ3) is 3.67. The van der Waals surface area contributed by atoms with Gasteiger partial charge in [-0.25, -0.2) is 22.9 Å². The quantitative estimate of drug-likeness (QED) is 0.836. The van der Waals surface area contributed by atoms with Crippen molar-refractivity contribution in [2.75, 3.05) is 0 Å². The summed E-state index contributed by atoms with van der Waals surface area (Å²) in [6.07, 6.45) is 0.786. The fourth-order valence-corrected chi connectivity index (χ4v) is 4.91. The average Bonchev–Trinajstić information content (AvgIpc) is 3.03.